The van der Waals surface area contributed by atoms with Gasteiger partial charge in [-0.25, -0.2) is 9.97 Å². The van der Waals surface area contributed by atoms with Crippen molar-refractivity contribution in [2.45, 2.75) is 13.2 Å². The first-order valence-electron chi connectivity index (χ1n) is 11.5. The molecule has 178 valence electrons. The average molecular weight is 494 g/mol. The minimum Gasteiger partial charge on any atom is -0.485 e. The van der Waals surface area contributed by atoms with Gasteiger partial charge in [-0.1, -0.05) is 84.4 Å². The fourth-order valence-corrected chi connectivity index (χ4v) is 3.89. The lowest BCUT2D eigenvalue weighted by molar-refractivity contribution is 0.256. The average Bonchev–Trinajstić information content (AvgIpc) is 2.91. The molecule has 2 N–H and O–H groups in total. The van der Waals surface area contributed by atoms with E-state index in [0.717, 1.165) is 22.1 Å². The Balaban J connectivity index is 1.40. The van der Waals surface area contributed by atoms with E-state index in [1.807, 2.05) is 97.1 Å². The van der Waals surface area contributed by atoms with Gasteiger partial charge in [0.1, 0.15) is 19.0 Å². The number of anilines is 1. The monoisotopic (exact) mass is 493 g/mol. The maximum atomic E-state index is 6.17. The molecule has 0 aliphatic rings. The highest BCUT2D eigenvalue weighted by Crippen LogP contribution is 2.31. The number of aromatic nitrogens is 2. The number of halogens is 1. The summed E-state index contributed by atoms with van der Waals surface area (Å²) in [4.78, 5) is 8.98. The van der Waals surface area contributed by atoms with Crippen LogP contribution in [0.4, 0.5) is 5.82 Å². The van der Waals surface area contributed by atoms with Crippen LogP contribution in [0.2, 0.25) is 5.02 Å². The van der Waals surface area contributed by atoms with Crippen LogP contribution in [0.25, 0.3) is 23.1 Å². The minimum atomic E-state index is 0.410. The predicted octanol–water partition coefficient (Wildman–Crippen LogP) is 7.19. The Labute approximate surface area is 214 Å². The van der Waals surface area contributed by atoms with E-state index in [-0.39, 0.29) is 0 Å². The van der Waals surface area contributed by atoms with Gasteiger partial charge in [-0.15, -0.1) is 0 Å². The van der Waals surface area contributed by atoms with Gasteiger partial charge in [0.05, 0.1) is 5.52 Å². The van der Waals surface area contributed by atoms with Crippen LogP contribution in [0, 0.1) is 0 Å². The quantitative estimate of drug-likeness (QED) is 0.247. The van der Waals surface area contributed by atoms with E-state index in [0.29, 0.717) is 46.9 Å². The molecule has 0 amide bonds. The van der Waals surface area contributed by atoms with Crippen molar-refractivity contribution in [3.8, 4) is 11.5 Å². The molecule has 0 fully saturated rings. The molecule has 0 unspecified atom stereocenters. The van der Waals surface area contributed by atoms with Gasteiger partial charge < -0.3 is 15.2 Å². The Morgan fingerprint density at radius 1 is 0.694 bits per heavy atom. The van der Waals surface area contributed by atoms with E-state index in [1.54, 1.807) is 12.1 Å². The third-order valence-corrected chi connectivity index (χ3v) is 5.81. The molecule has 0 aliphatic carbocycles. The number of ether oxygens (including phenoxy) is 2. The molecule has 0 saturated heterocycles. The zero-order valence-electron chi connectivity index (χ0n) is 19.5. The van der Waals surface area contributed by atoms with Gasteiger partial charge in [0.15, 0.2) is 17.3 Å². The summed E-state index contributed by atoms with van der Waals surface area (Å²) < 4.78 is 12.3. The van der Waals surface area contributed by atoms with Gasteiger partial charge in [-0.2, -0.15) is 0 Å². The number of hydrogen-bond acceptors (Lipinski definition) is 5. The Kier molecular flexibility index (Phi) is 7.10. The van der Waals surface area contributed by atoms with Crippen LogP contribution in [-0.2, 0) is 13.2 Å². The molecule has 0 aliphatic heterocycles. The maximum Gasteiger partial charge on any atom is 0.162 e. The Bertz CT molecular complexity index is 1510. The summed E-state index contributed by atoms with van der Waals surface area (Å²) in [6.45, 7) is 0.880. The molecule has 0 saturated carbocycles. The van der Waals surface area contributed by atoms with Crippen LogP contribution in [0.5, 0.6) is 11.5 Å². The normalized spacial score (nSPS) is 11.1. The largest absolute Gasteiger partial charge is 0.485 e. The van der Waals surface area contributed by atoms with Crippen molar-refractivity contribution in [2.75, 3.05) is 5.73 Å². The van der Waals surface area contributed by atoms with E-state index in [4.69, 9.17) is 26.8 Å². The van der Waals surface area contributed by atoms with Crippen LogP contribution >= 0.6 is 11.6 Å². The van der Waals surface area contributed by atoms with E-state index >= 15 is 0 Å². The van der Waals surface area contributed by atoms with Gasteiger partial charge in [0, 0.05) is 10.4 Å². The van der Waals surface area contributed by atoms with Crippen molar-refractivity contribution in [1.29, 1.82) is 0 Å². The van der Waals surface area contributed by atoms with Crippen LogP contribution in [0.1, 0.15) is 22.5 Å². The number of nitrogens with zero attached hydrogens (tertiary/aromatic N) is 2. The van der Waals surface area contributed by atoms with Gasteiger partial charge >= 0.3 is 0 Å². The summed E-state index contributed by atoms with van der Waals surface area (Å²) in [6.07, 6.45) is 3.74. The summed E-state index contributed by atoms with van der Waals surface area (Å²) in [5, 5.41) is 1.37. The second-order valence-electron chi connectivity index (χ2n) is 8.22. The highest BCUT2D eigenvalue weighted by Gasteiger charge is 2.09. The first-order chi connectivity index (χ1) is 17.6. The van der Waals surface area contributed by atoms with Crippen molar-refractivity contribution >= 4 is 40.5 Å². The van der Waals surface area contributed by atoms with E-state index in [9.17, 15) is 0 Å². The molecule has 1 heterocycles. The number of benzene rings is 4. The molecule has 1 aromatic heterocycles. The van der Waals surface area contributed by atoms with E-state index in [1.165, 1.54) is 0 Å². The third-order valence-electron chi connectivity index (χ3n) is 5.57. The van der Waals surface area contributed by atoms with Gasteiger partial charge in [0.25, 0.3) is 0 Å². The number of fused-ring (bicyclic) bond motifs is 1. The van der Waals surface area contributed by atoms with Crippen LogP contribution in [0.15, 0.2) is 97.1 Å². The Morgan fingerprint density at radius 2 is 1.36 bits per heavy atom. The summed E-state index contributed by atoms with van der Waals surface area (Å²) in [6, 6.07) is 31.3. The highest BCUT2D eigenvalue weighted by molar-refractivity contribution is 6.31. The molecule has 5 aromatic rings. The van der Waals surface area contributed by atoms with Gasteiger partial charge in [0.2, 0.25) is 0 Å². The number of hydrogen-bond donors (Lipinski definition) is 1. The first-order valence-corrected chi connectivity index (χ1v) is 11.9. The summed E-state index contributed by atoms with van der Waals surface area (Å²) in [5.74, 6) is 2.24. The first kappa shape index (κ1) is 23.4. The second-order valence-corrected chi connectivity index (χ2v) is 8.65. The van der Waals surface area contributed by atoms with Crippen molar-refractivity contribution in [1.82, 2.24) is 9.97 Å². The smallest absolute Gasteiger partial charge is 0.162 e. The van der Waals surface area contributed by atoms with E-state index < -0.39 is 0 Å². The van der Waals surface area contributed by atoms with Crippen LogP contribution in [-0.4, -0.2) is 9.97 Å². The zero-order valence-corrected chi connectivity index (χ0v) is 20.2. The molecule has 6 heteroatoms. The van der Waals surface area contributed by atoms with Crippen molar-refractivity contribution in [3.05, 3.63) is 125 Å². The maximum absolute atomic E-state index is 6.17. The summed E-state index contributed by atoms with van der Waals surface area (Å²) >= 11 is 6.12. The van der Waals surface area contributed by atoms with Gasteiger partial charge in [-0.05, 0) is 53.1 Å². The fourth-order valence-electron chi connectivity index (χ4n) is 3.72. The minimum absolute atomic E-state index is 0.410. The SMILES string of the molecule is Nc1nc(C=Cc2ccc(OCc3ccccc3)c(OCc3ccccc3)c2)nc2cc(Cl)ccc12. The number of rotatable bonds is 8. The van der Waals surface area contributed by atoms with E-state index in [2.05, 4.69) is 9.97 Å². The fraction of sp³-hybridized carbons (Fsp3) is 0.0667. The van der Waals surface area contributed by atoms with Crippen LogP contribution < -0.4 is 15.2 Å². The van der Waals surface area contributed by atoms with Gasteiger partial charge in [-0.3, -0.25) is 0 Å². The number of nitrogen functional groups attached to an aromatic ring is 1. The lowest BCUT2D eigenvalue weighted by Gasteiger charge is -2.14. The molecule has 0 spiro atoms. The lowest BCUT2D eigenvalue weighted by atomic mass is 10.1. The zero-order chi connectivity index (χ0) is 24.7. The molecule has 36 heavy (non-hydrogen) atoms. The molecular weight excluding hydrogens is 470 g/mol. The molecule has 0 atom stereocenters. The van der Waals surface area contributed by atoms with Crippen molar-refractivity contribution in [2.24, 2.45) is 0 Å². The lowest BCUT2D eigenvalue weighted by Crippen LogP contribution is -2.01. The second kappa shape index (κ2) is 10.9. The number of nitrogens with two attached hydrogens (primary N) is 1. The predicted molar refractivity (Wildman–Crippen MR) is 146 cm³/mol. The molecule has 0 radical (unpaired) electrons. The molecule has 0 bridgehead atoms. The standard InChI is InChI=1S/C30H24ClN3O2/c31-24-13-14-25-26(18-24)33-29(34-30(25)32)16-12-21-11-15-27(35-19-22-7-3-1-4-8-22)28(17-21)36-20-23-9-5-2-6-10-23/h1-18H,19-20H2,(H2,32,33,34). The third kappa shape index (κ3) is 5.82. The molecule has 5 rings (SSSR count). The molecule has 5 nitrogen and oxygen atoms in total. The Hall–Kier alpha value is -4.35. The summed E-state index contributed by atoms with van der Waals surface area (Å²) in [5.41, 5.74) is 9.91. The Morgan fingerprint density at radius 3 is 2.06 bits per heavy atom. The van der Waals surface area contributed by atoms with Crippen molar-refractivity contribution < 1.29 is 9.47 Å². The highest BCUT2D eigenvalue weighted by atomic mass is 35.5. The van der Waals surface area contributed by atoms with Crippen LogP contribution in [0.3, 0.4) is 0 Å². The molecular formula is C30H24ClN3O2. The van der Waals surface area contributed by atoms with Crippen molar-refractivity contribution in [3.63, 3.8) is 0 Å². The molecule has 4 aromatic carbocycles. The topological polar surface area (TPSA) is 70.3 Å². The summed E-state index contributed by atoms with van der Waals surface area (Å²) in [7, 11) is 0.